The van der Waals surface area contributed by atoms with Crippen molar-refractivity contribution in [1.29, 1.82) is 0 Å². The number of halogens is 2. The van der Waals surface area contributed by atoms with E-state index in [1.807, 2.05) is 18.2 Å². The zero-order valence-corrected chi connectivity index (χ0v) is 13.6. The second kappa shape index (κ2) is 6.70. The van der Waals surface area contributed by atoms with Gasteiger partial charge in [0, 0.05) is 5.92 Å². The number of benzene rings is 3. The fraction of sp³-hybridized carbons (Fsp3) is 0.158. The van der Waals surface area contributed by atoms with Gasteiger partial charge in [-0.1, -0.05) is 71.7 Å². The fourth-order valence-corrected chi connectivity index (χ4v) is 3.15. The van der Waals surface area contributed by atoms with Gasteiger partial charge in [0.2, 0.25) is 0 Å². The molecule has 0 saturated heterocycles. The number of rotatable bonds is 4. The van der Waals surface area contributed by atoms with Crippen molar-refractivity contribution in [3.05, 3.63) is 81.8 Å². The number of fused-ring (bicyclic) bond motifs is 1. The van der Waals surface area contributed by atoms with Gasteiger partial charge in [0.25, 0.3) is 0 Å². The first-order valence-corrected chi connectivity index (χ1v) is 8.06. The van der Waals surface area contributed by atoms with E-state index in [2.05, 4.69) is 42.5 Å². The molecular weight excluding hydrogens is 313 g/mol. The predicted molar refractivity (Wildman–Crippen MR) is 95.9 cm³/mol. The second-order valence-corrected chi connectivity index (χ2v) is 6.26. The Bertz CT molecular complexity index is 793. The Morgan fingerprint density at radius 2 is 1.64 bits per heavy atom. The Morgan fingerprint density at radius 3 is 2.41 bits per heavy atom. The Labute approximate surface area is 140 Å². The molecule has 1 unspecified atom stereocenters. The normalized spacial score (nSPS) is 12.5. The third-order valence-corrected chi connectivity index (χ3v) is 4.78. The van der Waals surface area contributed by atoms with Gasteiger partial charge in [-0.25, -0.2) is 0 Å². The highest BCUT2D eigenvalue weighted by Gasteiger charge is 2.13. The molecule has 0 aliphatic rings. The average molecular weight is 330 g/mol. The van der Waals surface area contributed by atoms with Gasteiger partial charge in [-0.05, 0) is 47.0 Å². The van der Waals surface area contributed by atoms with E-state index >= 15 is 0 Å². The van der Waals surface area contributed by atoms with E-state index in [0.29, 0.717) is 16.6 Å². The summed E-state index contributed by atoms with van der Waals surface area (Å²) in [5.41, 5.74) is 8.44. The summed E-state index contributed by atoms with van der Waals surface area (Å²) in [5, 5.41) is 3.69. The topological polar surface area (TPSA) is 26.0 Å². The number of hydrogen-bond acceptors (Lipinski definition) is 1. The van der Waals surface area contributed by atoms with Crippen LogP contribution in [-0.2, 0) is 6.42 Å². The molecular formula is C19H17Cl2N. The Hall–Kier alpha value is -1.54. The molecule has 112 valence electrons. The first kappa shape index (κ1) is 15.4. The van der Waals surface area contributed by atoms with Crippen LogP contribution < -0.4 is 5.73 Å². The van der Waals surface area contributed by atoms with E-state index in [4.69, 9.17) is 28.9 Å². The van der Waals surface area contributed by atoms with Crippen LogP contribution in [0, 0.1) is 0 Å². The van der Waals surface area contributed by atoms with Crippen molar-refractivity contribution in [3.8, 4) is 0 Å². The molecule has 1 nitrogen and oxygen atoms in total. The Morgan fingerprint density at radius 1 is 0.864 bits per heavy atom. The molecule has 3 heteroatoms. The van der Waals surface area contributed by atoms with Gasteiger partial charge in [0.1, 0.15) is 0 Å². The van der Waals surface area contributed by atoms with Crippen LogP contribution in [0.25, 0.3) is 10.8 Å². The van der Waals surface area contributed by atoms with Gasteiger partial charge >= 0.3 is 0 Å². The SMILES string of the molecule is NCC(Cc1cccc2ccccc12)c1ccc(Cl)c(Cl)c1. The van der Waals surface area contributed by atoms with Crippen LogP contribution in [-0.4, -0.2) is 6.54 Å². The molecule has 0 aliphatic carbocycles. The lowest BCUT2D eigenvalue weighted by molar-refractivity contribution is 0.697. The summed E-state index contributed by atoms with van der Waals surface area (Å²) in [6, 6.07) is 20.6. The van der Waals surface area contributed by atoms with Crippen molar-refractivity contribution < 1.29 is 0 Å². The van der Waals surface area contributed by atoms with Gasteiger partial charge < -0.3 is 5.73 Å². The molecule has 0 fully saturated rings. The van der Waals surface area contributed by atoms with Crippen LogP contribution in [0.4, 0.5) is 0 Å². The van der Waals surface area contributed by atoms with Crippen LogP contribution >= 0.6 is 23.2 Å². The first-order chi connectivity index (χ1) is 10.7. The van der Waals surface area contributed by atoms with Gasteiger partial charge in [0.05, 0.1) is 10.0 Å². The molecule has 0 amide bonds. The highest BCUT2D eigenvalue weighted by Crippen LogP contribution is 2.29. The molecule has 1 atom stereocenters. The minimum Gasteiger partial charge on any atom is -0.330 e. The van der Waals surface area contributed by atoms with Gasteiger partial charge in [0.15, 0.2) is 0 Å². The lowest BCUT2D eigenvalue weighted by Crippen LogP contribution is -2.15. The maximum absolute atomic E-state index is 6.14. The zero-order chi connectivity index (χ0) is 15.5. The molecule has 22 heavy (non-hydrogen) atoms. The highest BCUT2D eigenvalue weighted by atomic mass is 35.5. The molecule has 3 rings (SSSR count). The van der Waals surface area contributed by atoms with Gasteiger partial charge in [-0.3, -0.25) is 0 Å². The third kappa shape index (κ3) is 3.12. The molecule has 0 aromatic heterocycles. The summed E-state index contributed by atoms with van der Waals surface area (Å²) in [5.74, 6) is 0.223. The molecule has 0 aliphatic heterocycles. The monoisotopic (exact) mass is 329 g/mol. The minimum atomic E-state index is 0.223. The van der Waals surface area contributed by atoms with Crippen molar-refractivity contribution in [1.82, 2.24) is 0 Å². The summed E-state index contributed by atoms with van der Waals surface area (Å²) in [6.07, 6.45) is 0.885. The molecule has 0 heterocycles. The largest absolute Gasteiger partial charge is 0.330 e. The van der Waals surface area contributed by atoms with Crippen LogP contribution in [0.1, 0.15) is 17.0 Å². The summed E-state index contributed by atoms with van der Waals surface area (Å²) in [7, 11) is 0. The summed E-state index contributed by atoms with van der Waals surface area (Å²) < 4.78 is 0. The molecule has 2 N–H and O–H groups in total. The van der Waals surface area contributed by atoms with E-state index in [1.165, 1.54) is 16.3 Å². The third-order valence-electron chi connectivity index (χ3n) is 4.05. The smallest absolute Gasteiger partial charge is 0.0595 e. The van der Waals surface area contributed by atoms with E-state index in [9.17, 15) is 0 Å². The lowest BCUT2D eigenvalue weighted by atomic mass is 9.90. The van der Waals surface area contributed by atoms with E-state index in [-0.39, 0.29) is 5.92 Å². The van der Waals surface area contributed by atoms with Gasteiger partial charge in [-0.2, -0.15) is 0 Å². The molecule has 0 saturated carbocycles. The highest BCUT2D eigenvalue weighted by molar-refractivity contribution is 6.42. The quantitative estimate of drug-likeness (QED) is 0.678. The minimum absolute atomic E-state index is 0.223. The van der Waals surface area contributed by atoms with Crippen LogP contribution in [0.2, 0.25) is 10.0 Å². The summed E-state index contributed by atoms with van der Waals surface area (Å²) >= 11 is 12.1. The van der Waals surface area contributed by atoms with E-state index in [0.717, 1.165) is 12.0 Å². The number of nitrogens with two attached hydrogens (primary N) is 1. The lowest BCUT2D eigenvalue weighted by Gasteiger charge is -2.17. The number of hydrogen-bond donors (Lipinski definition) is 1. The van der Waals surface area contributed by atoms with Crippen LogP contribution in [0.3, 0.4) is 0 Å². The average Bonchev–Trinajstić information content (AvgIpc) is 2.55. The predicted octanol–water partition coefficient (Wildman–Crippen LogP) is 5.43. The molecule has 0 bridgehead atoms. The zero-order valence-electron chi connectivity index (χ0n) is 12.1. The van der Waals surface area contributed by atoms with Crippen molar-refractivity contribution in [3.63, 3.8) is 0 Å². The summed E-state index contributed by atoms with van der Waals surface area (Å²) in [6.45, 7) is 0.571. The van der Waals surface area contributed by atoms with Crippen molar-refractivity contribution in [2.75, 3.05) is 6.54 Å². The molecule has 0 spiro atoms. The van der Waals surface area contributed by atoms with Crippen molar-refractivity contribution >= 4 is 34.0 Å². The Balaban J connectivity index is 1.96. The first-order valence-electron chi connectivity index (χ1n) is 7.30. The van der Waals surface area contributed by atoms with E-state index < -0.39 is 0 Å². The molecule has 0 radical (unpaired) electrons. The summed E-state index contributed by atoms with van der Waals surface area (Å²) in [4.78, 5) is 0. The van der Waals surface area contributed by atoms with Gasteiger partial charge in [-0.15, -0.1) is 0 Å². The van der Waals surface area contributed by atoms with Crippen LogP contribution in [0.15, 0.2) is 60.7 Å². The van der Waals surface area contributed by atoms with Crippen molar-refractivity contribution in [2.24, 2.45) is 5.73 Å². The fourth-order valence-electron chi connectivity index (χ4n) is 2.84. The van der Waals surface area contributed by atoms with Crippen LogP contribution in [0.5, 0.6) is 0 Å². The Kier molecular flexibility index (Phi) is 4.68. The van der Waals surface area contributed by atoms with Crippen molar-refractivity contribution in [2.45, 2.75) is 12.3 Å². The maximum atomic E-state index is 6.14. The standard InChI is InChI=1S/C19H17Cl2N/c20-18-9-8-14(11-19(18)21)16(12-22)10-15-6-3-5-13-4-1-2-7-17(13)15/h1-9,11,16H,10,12,22H2. The second-order valence-electron chi connectivity index (χ2n) is 5.45. The molecule has 3 aromatic carbocycles. The van der Waals surface area contributed by atoms with E-state index in [1.54, 1.807) is 0 Å². The maximum Gasteiger partial charge on any atom is 0.0595 e. The molecule has 3 aromatic rings.